The summed E-state index contributed by atoms with van der Waals surface area (Å²) in [5, 5.41) is 2.53. The molecular weight excluding hydrogens is 362 g/mol. The molecule has 3 aromatic rings. The molecule has 0 bridgehead atoms. The van der Waals surface area contributed by atoms with Crippen molar-refractivity contribution in [3.8, 4) is 11.1 Å². The third kappa shape index (κ3) is 6.71. The Hall–Kier alpha value is -2.12. The zero-order valence-electron chi connectivity index (χ0n) is 20.5. The first-order valence-corrected chi connectivity index (χ1v) is 11.9. The molecule has 1 unspecified atom stereocenters. The molecule has 0 amide bonds. The third-order valence-electron chi connectivity index (χ3n) is 5.44. The topological polar surface area (TPSA) is 26.0 Å². The Morgan fingerprint density at radius 1 is 0.767 bits per heavy atom. The maximum atomic E-state index is 5.77. The number of hydrogen-bond acceptors (Lipinski definition) is 1. The van der Waals surface area contributed by atoms with Gasteiger partial charge in [0.05, 0.1) is 0 Å². The van der Waals surface area contributed by atoms with Gasteiger partial charge in [-0.1, -0.05) is 90.9 Å². The van der Waals surface area contributed by atoms with E-state index in [9.17, 15) is 0 Å². The smallest absolute Gasteiger partial charge is 0.0178 e. The van der Waals surface area contributed by atoms with Gasteiger partial charge in [-0.05, 0) is 82.3 Å². The van der Waals surface area contributed by atoms with E-state index < -0.39 is 0 Å². The lowest BCUT2D eigenvalue weighted by molar-refractivity contribution is 0.488. The van der Waals surface area contributed by atoms with Crippen LogP contribution in [-0.2, 0) is 6.54 Å². The molecule has 3 aromatic carbocycles. The second kappa shape index (κ2) is 13.2. The molecule has 0 saturated carbocycles. The van der Waals surface area contributed by atoms with Crippen molar-refractivity contribution in [2.24, 2.45) is 11.7 Å². The van der Waals surface area contributed by atoms with Gasteiger partial charge in [-0.3, -0.25) is 0 Å². The zero-order valence-corrected chi connectivity index (χ0v) is 20.5. The van der Waals surface area contributed by atoms with Crippen LogP contribution in [-0.4, -0.2) is 0 Å². The van der Waals surface area contributed by atoms with Crippen LogP contribution >= 0.6 is 0 Å². The molecule has 1 heteroatoms. The molecule has 164 valence electrons. The molecular formula is C29H43N. The first-order chi connectivity index (χ1) is 14.5. The third-order valence-corrected chi connectivity index (χ3v) is 5.44. The van der Waals surface area contributed by atoms with Gasteiger partial charge in [0.2, 0.25) is 0 Å². The normalized spacial score (nSPS) is 11.4. The Kier molecular flexibility index (Phi) is 11.4. The first-order valence-electron chi connectivity index (χ1n) is 11.9. The lowest BCUT2D eigenvalue weighted by atomic mass is 9.84. The van der Waals surface area contributed by atoms with Crippen molar-refractivity contribution in [2.75, 3.05) is 0 Å². The molecule has 30 heavy (non-hydrogen) atoms. The van der Waals surface area contributed by atoms with Gasteiger partial charge in [0, 0.05) is 6.54 Å². The number of hydrogen-bond donors (Lipinski definition) is 1. The minimum atomic E-state index is 0.591. The Morgan fingerprint density at radius 2 is 1.33 bits per heavy atom. The van der Waals surface area contributed by atoms with Crippen LogP contribution < -0.4 is 5.73 Å². The zero-order chi connectivity index (χ0) is 22.7. The number of nitrogens with two attached hydrogens (primary N) is 1. The molecule has 0 saturated heterocycles. The molecule has 0 spiro atoms. The van der Waals surface area contributed by atoms with E-state index in [0.717, 1.165) is 5.92 Å². The highest BCUT2D eigenvalue weighted by Gasteiger charge is 2.15. The summed E-state index contributed by atoms with van der Waals surface area (Å²) >= 11 is 0. The van der Waals surface area contributed by atoms with Gasteiger partial charge in [-0.25, -0.2) is 0 Å². The van der Waals surface area contributed by atoms with E-state index in [1.165, 1.54) is 51.4 Å². The van der Waals surface area contributed by atoms with Crippen molar-refractivity contribution in [2.45, 2.75) is 80.7 Å². The van der Waals surface area contributed by atoms with Gasteiger partial charge in [-0.2, -0.15) is 0 Å². The van der Waals surface area contributed by atoms with E-state index >= 15 is 0 Å². The van der Waals surface area contributed by atoms with Crippen molar-refractivity contribution in [1.29, 1.82) is 0 Å². The fourth-order valence-electron chi connectivity index (χ4n) is 3.94. The van der Waals surface area contributed by atoms with Crippen LogP contribution in [0.4, 0.5) is 0 Å². The quantitative estimate of drug-likeness (QED) is 0.435. The lowest BCUT2D eigenvalue weighted by Gasteiger charge is -2.21. The Labute approximate surface area is 185 Å². The van der Waals surface area contributed by atoms with E-state index in [4.69, 9.17) is 5.73 Å². The maximum Gasteiger partial charge on any atom is 0.0178 e. The average Bonchev–Trinajstić information content (AvgIpc) is 2.79. The first kappa shape index (κ1) is 25.9. The highest BCUT2D eigenvalue weighted by molar-refractivity contribution is 5.88. The summed E-state index contributed by atoms with van der Waals surface area (Å²) in [6.07, 6.45) is 2.45. The van der Waals surface area contributed by atoms with E-state index in [-0.39, 0.29) is 0 Å². The van der Waals surface area contributed by atoms with Crippen LogP contribution in [0.1, 0.15) is 83.9 Å². The van der Waals surface area contributed by atoms with E-state index in [2.05, 4.69) is 82.3 Å². The molecule has 0 heterocycles. The van der Waals surface area contributed by atoms with Crippen LogP contribution in [0.5, 0.6) is 0 Å². The van der Waals surface area contributed by atoms with Crippen LogP contribution in [0, 0.1) is 12.8 Å². The monoisotopic (exact) mass is 405 g/mol. The van der Waals surface area contributed by atoms with Gasteiger partial charge in [0.25, 0.3) is 0 Å². The summed E-state index contributed by atoms with van der Waals surface area (Å²) in [6.45, 7) is 17.8. The second-order valence-corrected chi connectivity index (χ2v) is 7.91. The van der Waals surface area contributed by atoms with Crippen LogP contribution in [0.15, 0.2) is 54.6 Å². The summed E-state index contributed by atoms with van der Waals surface area (Å²) in [6, 6.07) is 20.2. The Morgan fingerprint density at radius 3 is 1.93 bits per heavy atom. The van der Waals surface area contributed by atoms with Crippen LogP contribution in [0.25, 0.3) is 21.9 Å². The minimum absolute atomic E-state index is 0.591. The van der Waals surface area contributed by atoms with E-state index in [1.54, 1.807) is 0 Å². The maximum absolute atomic E-state index is 5.77. The van der Waals surface area contributed by atoms with Gasteiger partial charge >= 0.3 is 0 Å². The lowest BCUT2D eigenvalue weighted by Crippen LogP contribution is -2.04. The van der Waals surface area contributed by atoms with Crippen molar-refractivity contribution >= 4 is 10.8 Å². The highest BCUT2D eigenvalue weighted by atomic mass is 14.5. The predicted octanol–water partition coefficient (Wildman–Crippen LogP) is 8.87. The molecule has 0 aliphatic rings. The molecule has 2 N–H and O–H groups in total. The van der Waals surface area contributed by atoms with Crippen LogP contribution in [0.3, 0.4) is 0 Å². The number of rotatable bonds is 6. The molecule has 1 nitrogen and oxygen atoms in total. The van der Waals surface area contributed by atoms with Crippen molar-refractivity contribution in [1.82, 2.24) is 0 Å². The Balaban J connectivity index is 0.00000106. The van der Waals surface area contributed by atoms with Gasteiger partial charge in [0.1, 0.15) is 0 Å². The van der Waals surface area contributed by atoms with E-state index in [0.29, 0.717) is 12.5 Å². The van der Waals surface area contributed by atoms with Crippen LogP contribution in [0.2, 0.25) is 0 Å². The molecule has 0 fully saturated rings. The summed E-state index contributed by atoms with van der Waals surface area (Å²) in [5.74, 6) is 1.36. The minimum Gasteiger partial charge on any atom is -0.326 e. The summed E-state index contributed by atoms with van der Waals surface area (Å²) in [7, 11) is 0. The van der Waals surface area contributed by atoms with Crippen molar-refractivity contribution in [3.63, 3.8) is 0 Å². The molecule has 0 aliphatic carbocycles. The average molecular weight is 406 g/mol. The summed E-state index contributed by atoms with van der Waals surface area (Å²) < 4.78 is 0. The van der Waals surface area contributed by atoms with E-state index in [1.807, 2.05) is 27.7 Å². The highest BCUT2D eigenvalue weighted by Crippen LogP contribution is 2.33. The van der Waals surface area contributed by atoms with Gasteiger partial charge in [-0.15, -0.1) is 0 Å². The van der Waals surface area contributed by atoms with Crippen molar-refractivity contribution < 1.29 is 0 Å². The fourth-order valence-corrected chi connectivity index (χ4v) is 3.94. The molecule has 0 radical (unpaired) electrons. The molecule has 0 aromatic heterocycles. The molecule has 0 aliphatic heterocycles. The number of aryl methyl sites for hydroxylation is 1. The molecule has 1 atom stereocenters. The number of benzene rings is 3. The SMILES string of the molecule is CC.CC.CCC(CC(C)C)c1cc(-c2ccc3cc(CN)ccc3c2)ccc1C. The number of fused-ring (bicyclic) bond motifs is 1. The largest absolute Gasteiger partial charge is 0.326 e. The predicted molar refractivity (Wildman–Crippen MR) is 137 cm³/mol. The van der Waals surface area contributed by atoms with Crippen molar-refractivity contribution in [3.05, 3.63) is 71.3 Å². The summed E-state index contributed by atoms with van der Waals surface area (Å²) in [4.78, 5) is 0. The van der Waals surface area contributed by atoms with Gasteiger partial charge in [0.15, 0.2) is 0 Å². The molecule has 3 rings (SSSR count). The fraction of sp³-hybridized carbons (Fsp3) is 0.448. The summed E-state index contributed by atoms with van der Waals surface area (Å²) in [5.41, 5.74) is 12.5. The van der Waals surface area contributed by atoms with Gasteiger partial charge < -0.3 is 5.73 Å². The standard InChI is InChI=1S/C25H31N.2C2H6/c1-5-20(12-17(2)3)25-15-24(8-6-18(25)4)23-11-10-21-13-19(16-26)7-9-22(21)14-23;2*1-2/h6-11,13-15,17,20H,5,12,16,26H2,1-4H3;2*1-2H3. The Bertz CT molecular complexity index is 892. The second-order valence-electron chi connectivity index (χ2n) is 7.91.